The predicted molar refractivity (Wildman–Crippen MR) is 150 cm³/mol. The number of Topliss-reactive ketones (excluding diaryl/α,β-unsaturated/α-hetero) is 1. The van der Waals surface area contributed by atoms with Gasteiger partial charge in [0.05, 0.1) is 34.0 Å². The number of ketones is 1. The third kappa shape index (κ3) is 4.20. The van der Waals surface area contributed by atoms with Crippen LogP contribution in [0.1, 0.15) is 10.5 Å². The van der Waals surface area contributed by atoms with Crippen LogP contribution in [0.4, 0.5) is 0 Å². The summed E-state index contributed by atoms with van der Waals surface area (Å²) in [5, 5.41) is 4.17. The van der Waals surface area contributed by atoms with E-state index in [-0.39, 0.29) is 5.69 Å². The molecule has 0 unspecified atom stereocenters. The van der Waals surface area contributed by atoms with Gasteiger partial charge in [0.15, 0.2) is 23.0 Å². The van der Waals surface area contributed by atoms with Crippen molar-refractivity contribution in [2.24, 2.45) is 0 Å². The number of methoxy groups -OCH3 is 4. The first-order valence-electron chi connectivity index (χ1n) is 12.2. The van der Waals surface area contributed by atoms with Crippen LogP contribution in [0.2, 0.25) is 0 Å². The molecule has 0 aliphatic heterocycles. The number of hydrogen-bond donors (Lipinski definition) is 1. The average Bonchev–Trinajstić information content (AvgIpc) is 3.35. The third-order valence-corrected chi connectivity index (χ3v) is 6.80. The zero-order valence-corrected chi connectivity index (χ0v) is 22.3. The number of pyridine rings is 1. The predicted octanol–water partition coefficient (Wildman–Crippen LogP) is 5.39. The Kier molecular flexibility index (Phi) is 6.85. The van der Waals surface area contributed by atoms with Crippen molar-refractivity contribution in [2.75, 3.05) is 35.5 Å². The highest BCUT2D eigenvalue weighted by Crippen LogP contribution is 2.46. The number of aromatic nitrogens is 1. The Morgan fingerprint density at radius 3 is 1.97 bits per heavy atom. The van der Waals surface area contributed by atoms with E-state index in [1.165, 1.54) is 7.05 Å². The topological polar surface area (TPSA) is 87.5 Å². The van der Waals surface area contributed by atoms with Crippen LogP contribution in [0.5, 0.6) is 23.0 Å². The van der Waals surface area contributed by atoms with Gasteiger partial charge in [-0.05, 0) is 46.8 Å². The molecule has 0 bridgehead atoms. The molecule has 0 aliphatic carbocycles. The van der Waals surface area contributed by atoms with Crippen LogP contribution in [0.25, 0.3) is 38.5 Å². The van der Waals surface area contributed by atoms with Crippen molar-refractivity contribution < 1.29 is 28.5 Å². The zero-order valence-electron chi connectivity index (χ0n) is 22.3. The highest BCUT2D eigenvalue weighted by atomic mass is 16.5. The standard InChI is InChI=1S/C31H28N2O6/c1-32-31(35)30(34)29-26(18-9-7-6-8-10-18)27(20-11-12-22(36-2)23(16-20)37-3)28-21-17-25(39-5)24(38-4)15-19(21)13-14-33(28)29/h6-17H,1-5H3,(H,32,35). The fraction of sp³-hybridized carbons (Fsp3) is 0.161. The molecule has 0 radical (unpaired) electrons. The number of fused-ring (bicyclic) bond motifs is 3. The summed E-state index contributed by atoms with van der Waals surface area (Å²) in [4.78, 5) is 26.5. The lowest BCUT2D eigenvalue weighted by Crippen LogP contribution is -2.28. The van der Waals surface area contributed by atoms with E-state index < -0.39 is 11.7 Å². The Bertz CT molecular complexity index is 1720. The third-order valence-electron chi connectivity index (χ3n) is 6.80. The van der Waals surface area contributed by atoms with E-state index in [4.69, 9.17) is 18.9 Å². The lowest BCUT2D eigenvalue weighted by atomic mass is 9.93. The first-order valence-corrected chi connectivity index (χ1v) is 12.2. The van der Waals surface area contributed by atoms with Crippen molar-refractivity contribution in [1.29, 1.82) is 0 Å². The SMILES string of the molecule is CNC(=O)C(=O)c1c(-c2ccccc2)c(-c2ccc(OC)c(OC)c2)c2c3cc(OC)c(OC)cc3ccn12. The average molecular weight is 525 g/mol. The highest BCUT2D eigenvalue weighted by molar-refractivity contribution is 6.44. The molecule has 0 atom stereocenters. The summed E-state index contributed by atoms with van der Waals surface area (Å²) in [5.74, 6) is 0.864. The maximum atomic E-state index is 13.7. The highest BCUT2D eigenvalue weighted by Gasteiger charge is 2.30. The molecular weight excluding hydrogens is 496 g/mol. The van der Waals surface area contributed by atoms with Crippen molar-refractivity contribution in [3.8, 4) is 45.3 Å². The van der Waals surface area contributed by atoms with Gasteiger partial charge < -0.3 is 28.7 Å². The summed E-state index contributed by atoms with van der Waals surface area (Å²) < 4.78 is 24.0. The number of carbonyl (C=O) groups is 2. The molecule has 5 rings (SSSR count). The van der Waals surface area contributed by atoms with Gasteiger partial charge in [0.2, 0.25) is 0 Å². The normalized spacial score (nSPS) is 10.9. The van der Waals surface area contributed by atoms with E-state index in [9.17, 15) is 9.59 Å². The van der Waals surface area contributed by atoms with E-state index in [1.807, 2.05) is 66.7 Å². The second-order valence-corrected chi connectivity index (χ2v) is 8.77. The van der Waals surface area contributed by atoms with Crippen LogP contribution < -0.4 is 24.3 Å². The summed E-state index contributed by atoms with van der Waals surface area (Å²) in [6.07, 6.45) is 1.80. The number of rotatable bonds is 8. The van der Waals surface area contributed by atoms with E-state index in [0.29, 0.717) is 28.6 Å². The first kappa shape index (κ1) is 25.7. The summed E-state index contributed by atoms with van der Waals surface area (Å²) in [5.41, 5.74) is 3.92. The van der Waals surface area contributed by atoms with Crippen LogP contribution in [-0.4, -0.2) is 51.6 Å². The fourth-order valence-electron chi connectivity index (χ4n) is 5.00. The molecule has 39 heavy (non-hydrogen) atoms. The number of carbonyl (C=O) groups excluding carboxylic acids is 2. The van der Waals surface area contributed by atoms with Gasteiger partial charge in [-0.25, -0.2) is 0 Å². The molecule has 8 heteroatoms. The Hall–Kier alpha value is -4.98. The van der Waals surface area contributed by atoms with Gasteiger partial charge in [0.25, 0.3) is 11.7 Å². The summed E-state index contributed by atoms with van der Waals surface area (Å²) in [6, 6.07) is 20.8. The second-order valence-electron chi connectivity index (χ2n) is 8.77. The van der Waals surface area contributed by atoms with Crippen LogP contribution >= 0.6 is 0 Å². The van der Waals surface area contributed by atoms with Crippen molar-refractivity contribution in [1.82, 2.24) is 9.72 Å². The van der Waals surface area contributed by atoms with Crippen molar-refractivity contribution in [3.63, 3.8) is 0 Å². The number of nitrogens with zero attached hydrogens (tertiary/aromatic N) is 1. The number of nitrogens with one attached hydrogen (secondary N) is 1. The molecule has 3 aromatic carbocycles. The number of likely N-dealkylation sites (N-methyl/N-ethyl adjacent to an activating group) is 1. The minimum atomic E-state index is -0.710. The van der Waals surface area contributed by atoms with Crippen molar-refractivity contribution in [2.45, 2.75) is 0 Å². The summed E-state index contributed by atoms with van der Waals surface area (Å²) in [7, 11) is 7.76. The molecule has 2 aromatic heterocycles. The van der Waals surface area contributed by atoms with Gasteiger partial charge >= 0.3 is 0 Å². The lowest BCUT2D eigenvalue weighted by Gasteiger charge is -2.13. The second kappa shape index (κ2) is 10.4. The number of ether oxygens (including phenoxy) is 4. The molecule has 0 saturated carbocycles. The minimum Gasteiger partial charge on any atom is -0.493 e. The Balaban J connectivity index is 2.03. The van der Waals surface area contributed by atoms with Crippen molar-refractivity contribution in [3.05, 3.63) is 78.6 Å². The van der Waals surface area contributed by atoms with Crippen LogP contribution in [-0.2, 0) is 4.79 Å². The molecule has 198 valence electrons. The maximum Gasteiger partial charge on any atom is 0.293 e. The van der Waals surface area contributed by atoms with Gasteiger partial charge in [0.1, 0.15) is 5.69 Å². The monoisotopic (exact) mass is 524 g/mol. The quantitative estimate of drug-likeness (QED) is 0.216. The van der Waals surface area contributed by atoms with E-state index in [1.54, 1.807) is 39.0 Å². The molecule has 8 nitrogen and oxygen atoms in total. The molecule has 0 saturated heterocycles. The molecular formula is C31H28N2O6. The molecule has 0 fully saturated rings. The lowest BCUT2D eigenvalue weighted by molar-refractivity contribution is -0.116. The van der Waals surface area contributed by atoms with E-state index >= 15 is 0 Å². The van der Waals surface area contributed by atoms with Gasteiger partial charge in [-0.1, -0.05) is 36.4 Å². The number of amides is 1. The minimum absolute atomic E-state index is 0.247. The maximum absolute atomic E-state index is 13.7. The van der Waals surface area contributed by atoms with E-state index in [2.05, 4.69) is 5.32 Å². The summed E-state index contributed by atoms with van der Waals surface area (Å²) >= 11 is 0. The molecule has 0 spiro atoms. The zero-order chi connectivity index (χ0) is 27.7. The molecule has 0 aliphatic rings. The van der Waals surface area contributed by atoms with Crippen LogP contribution in [0.15, 0.2) is 72.9 Å². The van der Waals surface area contributed by atoms with E-state index in [0.717, 1.165) is 33.0 Å². The molecule has 5 aromatic rings. The summed E-state index contributed by atoms with van der Waals surface area (Å²) in [6.45, 7) is 0. The number of hydrogen-bond acceptors (Lipinski definition) is 6. The van der Waals surface area contributed by atoms with Gasteiger partial charge in [-0.15, -0.1) is 0 Å². The fourth-order valence-corrected chi connectivity index (χ4v) is 5.00. The van der Waals surface area contributed by atoms with Crippen LogP contribution in [0, 0.1) is 0 Å². The Labute approximate surface area is 225 Å². The smallest absolute Gasteiger partial charge is 0.293 e. The Morgan fingerprint density at radius 2 is 1.33 bits per heavy atom. The van der Waals surface area contributed by atoms with Gasteiger partial charge in [-0.2, -0.15) is 0 Å². The largest absolute Gasteiger partial charge is 0.493 e. The van der Waals surface area contributed by atoms with Crippen molar-refractivity contribution >= 4 is 28.0 Å². The van der Waals surface area contributed by atoms with Crippen LogP contribution in [0.3, 0.4) is 0 Å². The molecule has 2 heterocycles. The Morgan fingerprint density at radius 1 is 0.692 bits per heavy atom. The van der Waals surface area contributed by atoms with Gasteiger partial charge in [-0.3, -0.25) is 9.59 Å². The number of benzene rings is 3. The molecule has 1 N–H and O–H groups in total. The molecule has 1 amide bonds. The van der Waals surface area contributed by atoms with Gasteiger partial charge in [0, 0.05) is 29.8 Å². The first-order chi connectivity index (χ1) is 19.0.